The number of ether oxygens (including phenoxy) is 2. The number of methoxy groups -OCH3 is 1. The lowest BCUT2D eigenvalue weighted by atomic mass is 10.1. The quantitative estimate of drug-likeness (QED) is 0.624. The van der Waals surface area contributed by atoms with Gasteiger partial charge in [0.25, 0.3) is 0 Å². The molecule has 6 heteroatoms. The average molecular weight is 242 g/mol. The Hall–Kier alpha value is -1.14. The van der Waals surface area contributed by atoms with Crippen LogP contribution in [0.4, 0.5) is 0 Å². The normalized spacial score (nSPS) is 19.9. The molecule has 1 saturated heterocycles. The van der Waals surface area contributed by atoms with Gasteiger partial charge in [0.05, 0.1) is 18.9 Å². The van der Waals surface area contributed by atoms with Gasteiger partial charge in [-0.25, -0.2) is 4.79 Å². The van der Waals surface area contributed by atoms with Crippen molar-refractivity contribution < 1.29 is 14.3 Å². The summed E-state index contributed by atoms with van der Waals surface area (Å²) in [5, 5.41) is 0. The topological polar surface area (TPSA) is 67.1 Å². The van der Waals surface area contributed by atoms with E-state index in [4.69, 9.17) is 17.0 Å². The van der Waals surface area contributed by atoms with Crippen LogP contribution in [0.3, 0.4) is 0 Å². The molecule has 1 aliphatic rings. The van der Waals surface area contributed by atoms with Crippen molar-refractivity contribution in [3.8, 4) is 0 Å². The van der Waals surface area contributed by atoms with Crippen LogP contribution in [0.5, 0.6) is 0 Å². The zero-order chi connectivity index (χ0) is 11.5. The zero-order valence-corrected chi connectivity index (χ0v) is 9.86. The highest BCUT2D eigenvalue weighted by molar-refractivity contribution is 7.71. The number of rotatable bonds is 3. The van der Waals surface area contributed by atoms with Gasteiger partial charge in [0.2, 0.25) is 0 Å². The summed E-state index contributed by atoms with van der Waals surface area (Å²) in [6.45, 7) is 0.795. The van der Waals surface area contributed by atoms with E-state index in [1.54, 1.807) is 0 Å². The van der Waals surface area contributed by atoms with Crippen molar-refractivity contribution in [2.75, 3.05) is 13.7 Å². The van der Waals surface area contributed by atoms with E-state index in [9.17, 15) is 4.79 Å². The molecule has 2 heterocycles. The van der Waals surface area contributed by atoms with E-state index < -0.39 is 5.97 Å². The first-order valence-corrected chi connectivity index (χ1v) is 5.62. The van der Waals surface area contributed by atoms with Crippen LogP contribution in [0.25, 0.3) is 0 Å². The van der Waals surface area contributed by atoms with Crippen molar-refractivity contribution in [1.82, 2.24) is 9.97 Å². The van der Waals surface area contributed by atoms with E-state index in [1.165, 1.54) is 7.11 Å². The predicted molar refractivity (Wildman–Crippen MR) is 60.0 cm³/mol. The Morgan fingerprint density at radius 2 is 2.44 bits per heavy atom. The molecule has 16 heavy (non-hydrogen) atoms. The van der Waals surface area contributed by atoms with Gasteiger partial charge in [-0.1, -0.05) is 0 Å². The third kappa shape index (κ3) is 2.33. The number of esters is 1. The first-order valence-electron chi connectivity index (χ1n) is 5.22. The number of nitrogens with one attached hydrogen (secondary N) is 2. The fourth-order valence-corrected chi connectivity index (χ4v) is 2.11. The van der Waals surface area contributed by atoms with Gasteiger partial charge >= 0.3 is 5.97 Å². The number of imidazole rings is 1. The number of carbonyl (C=O) groups excluding carboxylic acids is 1. The fourth-order valence-electron chi connectivity index (χ4n) is 1.88. The Labute approximate surface area is 98.2 Å². The molecule has 0 aromatic carbocycles. The van der Waals surface area contributed by atoms with Crippen LogP contribution in [0.15, 0.2) is 0 Å². The second-order valence-electron chi connectivity index (χ2n) is 3.76. The third-order valence-corrected chi connectivity index (χ3v) is 2.85. The molecule has 0 aliphatic carbocycles. The van der Waals surface area contributed by atoms with Gasteiger partial charge < -0.3 is 19.4 Å². The van der Waals surface area contributed by atoms with Gasteiger partial charge in [-0.2, -0.15) is 0 Å². The lowest BCUT2D eigenvalue weighted by Crippen LogP contribution is -2.13. The van der Waals surface area contributed by atoms with Gasteiger partial charge in [-0.05, 0) is 25.1 Å². The molecule has 0 amide bonds. The van der Waals surface area contributed by atoms with Crippen molar-refractivity contribution in [1.29, 1.82) is 0 Å². The van der Waals surface area contributed by atoms with Crippen molar-refractivity contribution >= 4 is 18.2 Å². The molecule has 1 aromatic rings. The monoisotopic (exact) mass is 242 g/mol. The molecular weight excluding hydrogens is 228 g/mol. The number of H-pyrrole nitrogens is 2. The minimum atomic E-state index is -0.402. The van der Waals surface area contributed by atoms with Crippen molar-refractivity contribution in [3.05, 3.63) is 16.2 Å². The number of aromatic amines is 2. The molecular formula is C10H14N2O3S. The molecule has 1 aliphatic heterocycles. The summed E-state index contributed by atoms with van der Waals surface area (Å²) in [5.41, 5.74) is 1.17. The Morgan fingerprint density at radius 3 is 3.06 bits per heavy atom. The van der Waals surface area contributed by atoms with E-state index in [2.05, 4.69) is 14.7 Å². The summed E-state index contributed by atoms with van der Waals surface area (Å²) in [6, 6.07) is 0. The van der Waals surface area contributed by atoms with E-state index in [-0.39, 0.29) is 6.10 Å². The van der Waals surface area contributed by atoms with Crippen LogP contribution in [0.2, 0.25) is 0 Å². The van der Waals surface area contributed by atoms with E-state index in [0.717, 1.165) is 25.1 Å². The number of hydrogen-bond acceptors (Lipinski definition) is 4. The minimum absolute atomic E-state index is 0.171. The molecule has 1 fully saturated rings. The molecule has 1 atom stereocenters. The maximum Gasteiger partial charge on any atom is 0.356 e. The van der Waals surface area contributed by atoms with Gasteiger partial charge in [-0.15, -0.1) is 0 Å². The molecule has 1 unspecified atom stereocenters. The molecule has 5 nitrogen and oxygen atoms in total. The van der Waals surface area contributed by atoms with Crippen LogP contribution in [-0.2, 0) is 15.9 Å². The predicted octanol–water partition coefficient (Wildman–Crippen LogP) is 1.58. The second-order valence-corrected chi connectivity index (χ2v) is 4.17. The number of aromatic nitrogens is 2. The third-order valence-electron chi connectivity index (χ3n) is 2.65. The Kier molecular flexibility index (Phi) is 3.40. The lowest BCUT2D eigenvalue weighted by Gasteiger charge is -2.08. The Morgan fingerprint density at radius 1 is 1.62 bits per heavy atom. The molecule has 2 N–H and O–H groups in total. The summed E-state index contributed by atoms with van der Waals surface area (Å²) < 4.78 is 10.6. The zero-order valence-electron chi connectivity index (χ0n) is 9.04. The minimum Gasteiger partial charge on any atom is -0.464 e. The maximum absolute atomic E-state index is 11.5. The van der Waals surface area contributed by atoms with Gasteiger partial charge in [0.15, 0.2) is 4.77 Å². The molecule has 88 valence electrons. The van der Waals surface area contributed by atoms with Crippen LogP contribution in [0.1, 0.15) is 29.0 Å². The highest BCUT2D eigenvalue weighted by atomic mass is 32.1. The Balaban J connectivity index is 2.18. The van der Waals surface area contributed by atoms with E-state index in [0.29, 0.717) is 16.9 Å². The number of hydrogen-bond donors (Lipinski definition) is 2. The summed E-state index contributed by atoms with van der Waals surface area (Å²) in [5.74, 6) is -0.402. The highest BCUT2D eigenvalue weighted by Gasteiger charge is 2.21. The summed E-state index contributed by atoms with van der Waals surface area (Å²) in [4.78, 5) is 17.2. The Bertz CT molecular complexity index is 432. The molecule has 2 rings (SSSR count). The summed E-state index contributed by atoms with van der Waals surface area (Å²) in [7, 11) is 1.35. The summed E-state index contributed by atoms with van der Waals surface area (Å²) >= 11 is 4.97. The van der Waals surface area contributed by atoms with Crippen LogP contribution < -0.4 is 0 Å². The van der Waals surface area contributed by atoms with Crippen LogP contribution in [-0.4, -0.2) is 35.8 Å². The van der Waals surface area contributed by atoms with Crippen LogP contribution in [0, 0.1) is 4.77 Å². The standard InChI is InChI=1S/C10H14N2O3S/c1-14-9(13)8-7(11-10(16)12-8)5-6-3-2-4-15-6/h6H,2-5H2,1H3,(H2,11,12,16). The first kappa shape index (κ1) is 11.3. The first-order chi connectivity index (χ1) is 7.70. The van der Waals surface area contributed by atoms with Crippen molar-refractivity contribution in [2.24, 2.45) is 0 Å². The van der Waals surface area contributed by atoms with E-state index in [1.807, 2.05) is 0 Å². The lowest BCUT2D eigenvalue weighted by molar-refractivity contribution is 0.0591. The fraction of sp³-hybridized carbons (Fsp3) is 0.600. The number of carbonyl (C=O) groups is 1. The van der Waals surface area contributed by atoms with Gasteiger partial charge in [-0.3, -0.25) is 0 Å². The van der Waals surface area contributed by atoms with Crippen molar-refractivity contribution in [2.45, 2.75) is 25.4 Å². The largest absolute Gasteiger partial charge is 0.464 e. The average Bonchev–Trinajstić information content (AvgIpc) is 2.88. The molecule has 0 radical (unpaired) electrons. The maximum atomic E-state index is 11.5. The second kappa shape index (κ2) is 4.80. The SMILES string of the molecule is COC(=O)c1[nH]c(=S)[nH]c1CC1CCCO1. The smallest absolute Gasteiger partial charge is 0.356 e. The van der Waals surface area contributed by atoms with Crippen molar-refractivity contribution in [3.63, 3.8) is 0 Å². The highest BCUT2D eigenvalue weighted by Crippen LogP contribution is 2.18. The summed E-state index contributed by atoms with van der Waals surface area (Å²) in [6.07, 6.45) is 2.93. The van der Waals surface area contributed by atoms with Crippen LogP contribution >= 0.6 is 12.2 Å². The molecule has 0 spiro atoms. The van der Waals surface area contributed by atoms with Gasteiger partial charge in [0.1, 0.15) is 5.69 Å². The van der Waals surface area contributed by atoms with E-state index >= 15 is 0 Å². The molecule has 0 saturated carbocycles. The molecule has 0 bridgehead atoms. The molecule has 1 aromatic heterocycles. The van der Waals surface area contributed by atoms with Gasteiger partial charge in [0, 0.05) is 13.0 Å².